The summed E-state index contributed by atoms with van der Waals surface area (Å²) >= 11 is 0. The number of hydrogen-bond donors (Lipinski definition) is 0. The first-order valence-corrected chi connectivity index (χ1v) is 17.8. The molecule has 4 aliphatic carbocycles. The molecule has 50 heavy (non-hydrogen) atoms. The summed E-state index contributed by atoms with van der Waals surface area (Å²) < 4.78 is 0. The predicted octanol–water partition coefficient (Wildman–Crippen LogP) is 13.3. The maximum Gasteiger partial charge on any atom is 0.0467 e. The highest BCUT2D eigenvalue weighted by molar-refractivity contribution is 6.15. The first-order chi connectivity index (χ1) is 24.8. The van der Waals surface area contributed by atoms with Gasteiger partial charge in [0, 0.05) is 17.1 Å². The molecular formula is C49H33N. The van der Waals surface area contributed by atoms with Gasteiger partial charge in [0.15, 0.2) is 0 Å². The predicted molar refractivity (Wildman–Crippen MR) is 209 cm³/mol. The van der Waals surface area contributed by atoms with Crippen molar-refractivity contribution in [2.45, 2.75) is 19.3 Å². The Morgan fingerprint density at radius 3 is 1.74 bits per heavy atom. The van der Waals surface area contributed by atoms with Crippen LogP contribution in [0.15, 0.2) is 170 Å². The summed E-state index contributed by atoms with van der Waals surface area (Å²) in [5.74, 6) is 0. The maximum atomic E-state index is 2.43. The van der Waals surface area contributed by atoms with Crippen molar-refractivity contribution in [1.29, 1.82) is 0 Å². The van der Waals surface area contributed by atoms with E-state index in [9.17, 15) is 0 Å². The first kappa shape index (κ1) is 27.7. The van der Waals surface area contributed by atoms with E-state index in [4.69, 9.17) is 0 Å². The van der Waals surface area contributed by atoms with E-state index in [0.29, 0.717) is 0 Å². The van der Waals surface area contributed by atoms with Crippen LogP contribution in [0.1, 0.15) is 24.0 Å². The summed E-state index contributed by atoms with van der Waals surface area (Å²) in [6.45, 7) is 0. The molecule has 7 aromatic rings. The molecule has 0 heterocycles. The average molecular weight is 636 g/mol. The van der Waals surface area contributed by atoms with E-state index in [0.717, 1.165) is 19.3 Å². The molecule has 0 aliphatic heterocycles. The van der Waals surface area contributed by atoms with Gasteiger partial charge in [0.1, 0.15) is 0 Å². The number of nitrogens with zero attached hydrogens (tertiary/aromatic N) is 1. The number of fused-ring (bicyclic) bond motifs is 7. The summed E-state index contributed by atoms with van der Waals surface area (Å²) in [7, 11) is 0. The van der Waals surface area contributed by atoms with Crippen LogP contribution < -0.4 is 4.90 Å². The fourth-order valence-electron chi connectivity index (χ4n) is 8.95. The third-order valence-electron chi connectivity index (χ3n) is 11.2. The van der Waals surface area contributed by atoms with Crippen molar-refractivity contribution < 1.29 is 0 Å². The van der Waals surface area contributed by atoms with E-state index in [-0.39, 0.29) is 0 Å². The molecule has 0 saturated heterocycles. The van der Waals surface area contributed by atoms with Crippen molar-refractivity contribution in [3.63, 3.8) is 0 Å². The Hall–Kier alpha value is -6.18. The van der Waals surface area contributed by atoms with Gasteiger partial charge in [0.25, 0.3) is 0 Å². The van der Waals surface area contributed by atoms with Crippen LogP contribution in [0.5, 0.6) is 0 Å². The zero-order chi connectivity index (χ0) is 32.8. The molecule has 11 rings (SSSR count). The molecule has 0 spiro atoms. The van der Waals surface area contributed by atoms with Crippen LogP contribution in [-0.4, -0.2) is 0 Å². The molecule has 1 heteroatoms. The van der Waals surface area contributed by atoms with Crippen LogP contribution in [-0.2, 0) is 6.42 Å². The highest BCUT2D eigenvalue weighted by Crippen LogP contribution is 2.57. The third-order valence-corrected chi connectivity index (χ3v) is 11.2. The van der Waals surface area contributed by atoms with Gasteiger partial charge in [-0.2, -0.15) is 0 Å². The summed E-state index contributed by atoms with van der Waals surface area (Å²) in [5, 5.41) is 0. The van der Waals surface area contributed by atoms with E-state index in [2.05, 4.69) is 169 Å². The minimum atomic E-state index is 1.01. The summed E-state index contributed by atoms with van der Waals surface area (Å²) in [6, 6.07) is 54.8. The van der Waals surface area contributed by atoms with Crippen molar-refractivity contribution in [3.8, 4) is 77.9 Å². The van der Waals surface area contributed by atoms with Crippen LogP contribution in [0.4, 0.5) is 11.4 Å². The Kier molecular flexibility index (Phi) is 5.91. The third kappa shape index (κ3) is 4.01. The molecule has 0 N–H and O–H groups in total. The van der Waals surface area contributed by atoms with Crippen LogP contribution in [0.2, 0.25) is 0 Å². The number of hydrogen-bond acceptors (Lipinski definition) is 1. The minimum Gasteiger partial charge on any atom is -0.311 e. The lowest BCUT2D eigenvalue weighted by atomic mass is 9.83. The van der Waals surface area contributed by atoms with Gasteiger partial charge in [0.2, 0.25) is 0 Å². The Balaban J connectivity index is 1.03. The normalized spacial score (nSPS) is 13.8. The molecule has 7 aromatic carbocycles. The van der Waals surface area contributed by atoms with Crippen molar-refractivity contribution in [2.24, 2.45) is 0 Å². The lowest BCUT2D eigenvalue weighted by molar-refractivity contribution is 0.997. The van der Waals surface area contributed by atoms with Crippen LogP contribution in [0.25, 0.3) is 77.9 Å². The van der Waals surface area contributed by atoms with Crippen LogP contribution in [0, 0.1) is 0 Å². The molecule has 0 radical (unpaired) electrons. The second-order valence-corrected chi connectivity index (χ2v) is 13.9. The molecule has 6 bridgehead atoms. The van der Waals surface area contributed by atoms with E-state index in [1.54, 1.807) is 0 Å². The zero-order valence-electron chi connectivity index (χ0n) is 27.7. The smallest absolute Gasteiger partial charge is 0.0467 e. The molecule has 4 aliphatic rings. The number of rotatable bonds is 4. The van der Waals surface area contributed by atoms with Crippen molar-refractivity contribution in [1.82, 2.24) is 0 Å². The topological polar surface area (TPSA) is 3.24 Å². The molecule has 0 fully saturated rings. The minimum absolute atomic E-state index is 1.01. The van der Waals surface area contributed by atoms with Gasteiger partial charge in [-0.3, -0.25) is 0 Å². The Labute approximate surface area is 293 Å². The zero-order valence-corrected chi connectivity index (χ0v) is 27.7. The van der Waals surface area contributed by atoms with E-state index >= 15 is 0 Å². The SMILES string of the molecule is C1=CC(N(c2ccc(-c3ccc4c(c3)-c3c5cccc3-c3cccc-4c3-c3ccccc3-5)cc2)c2ccc3c(c2)-c2ccccc2C3)=CCC1. The Morgan fingerprint density at radius 2 is 0.980 bits per heavy atom. The van der Waals surface area contributed by atoms with Gasteiger partial charge in [-0.05, 0) is 145 Å². The van der Waals surface area contributed by atoms with E-state index in [1.807, 2.05) is 0 Å². The Bertz CT molecular complexity index is 2590. The Morgan fingerprint density at radius 1 is 0.380 bits per heavy atom. The average Bonchev–Trinajstić information content (AvgIpc) is 3.50. The lowest BCUT2D eigenvalue weighted by Crippen LogP contribution is -2.16. The van der Waals surface area contributed by atoms with Crippen molar-refractivity contribution in [2.75, 3.05) is 4.90 Å². The van der Waals surface area contributed by atoms with Gasteiger partial charge in [-0.25, -0.2) is 0 Å². The molecule has 0 amide bonds. The van der Waals surface area contributed by atoms with Gasteiger partial charge in [-0.15, -0.1) is 0 Å². The summed E-state index contributed by atoms with van der Waals surface area (Å²) in [6.07, 6.45) is 10.1. The largest absolute Gasteiger partial charge is 0.311 e. The van der Waals surface area contributed by atoms with Crippen molar-refractivity contribution >= 4 is 11.4 Å². The van der Waals surface area contributed by atoms with E-state index in [1.165, 1.54) is 106 Å². The van der Waals surface area contributed by atoms with E-state index < -0.39 is 0 Å². The number of allylic oxidation sites excluding steroid dienone is 3. The molecule has 0 unspecified atom stereocenters. The fraction of sp³-hybridized carbons (Fsp3) is 0.0612. The molecule has 0 atom stereocenters. The summed E-state index contributed by atoms with van der Waals surface area (Å²) in [5.41, 5.74) is 24.8. The van der Waals surface area contributed by atoms with Gasteiger partial charge in [0.05, 0.1) is 0 Å². The van der Waals surface area contributed by atoms with Crippen molar-refractivity contribution in [3.05, 3.63) is 181 Å². The van der Waals surface area contributed by atoms with Gasteiger partial charge >= 0.3 is 0 Å². The van der Waals surface area contributed by atoms with Crippen LogP contribution >= 0.6 is 0 Å². The highest BCUT2D eigenvalue weighted by Gasteiger charge is 2.30. The second-order valence-electron chi connectivity index (χ2n) is 13.9. The molecule has 0 saturated carbocycles. The summed E-state index contributed by atoms with van der Waals surface area (Å²) in [4.78, 5) is 2.43. The van der Waals surface area contributed by atoms with Gasteiger partial charge < -0.3 is 4.90 Å². The fourth-order valence-corrected chi connectivity index (χ4v) is 8.95. The standard InChI is InChI=1S/C49H33N/c1-2-11-35(12-3-1)50(37-26-22-34-28-33-10-4-5-13-38(33)46(34)30-37)36-24-20-31(21-25-36)32-23-27-40-43-17-9-18-44-45-19-8-16-42(49(45)47(40)29-32)39-14-6-7-15-41(39)48(43)44/h2,4-27,29-30H,1,3,28H2. The molecule has 1 nitrogen and oxygen atoms in total. The number of anilines is 2. The number of benzene rings is 7. The van der Waals surface area contributed by atoms with Gasteiger partial charge in [-0.1, -0.05) is 127 Å². The lowest BCUT2D eigenvalue weighted by Gasteiger charge is -2.28. The molecule has 0 aromatic heterocycles. The first-order valence-electron chi connectivity index (χ1n) is 17.8. The quantitative estimate of drug-likeness (QED) is 0.186. The van der Waals surface area contributed by atoms with Crippen LogP contribution in [0.3, 0.4) is 0 Å². The monoisotopic (exact) mass is 635 g/mol. The maximum absolute atomic E-state index is 2.43. The second kappa shape index (κ2) is 10.7. The molecule has 234 valence electrons. The highest BCUT2D eigenvalue weighted by atomic mass is 15.1. The molecular weight excluding hydrogens is 603 g/mol.